The van der Waals surface area contributed by atoms with Gasteiger partial charge in [-0.1, -0.05) is 53.0 Å². The third kappa shape index (κ3) is 3.45. The van der Waals surface area contributed by atoms with Gasteiger partial charge >= 0.3 is 0 Å². The number of ether oxygens (including phenoxy) is 2. The van der Waals surface area contributed by atoms with Gasteiger partial charge in [-0.05, 0) is 48.0 Å². The second-order valence-corrected chi connectivity index (χ2v) is 9.37. The van der Waals surface area contributed by atoms with Crippen molar-refractivity contribution in [3.63, 3.8) is 0 Å². The lowest BCUT2D eigenvalue weighted by molar-refractivity contribution is 0.131. The van der Waals surface area contributed by atoms with Crippen molar-refractivity contribution in [3.8, 4) is 11.5 Å². The molecule has 6 rings (SSSR count). The van der Waals surface area contributed by atoms with Crippen LogP contribution in [0.2, 0.25) is 15.1 Å². The normalized spacial score (nSPS) is 20.5. The molecule has 3 atom stereocenters. The SMILES string of the molecule is COc1ccc(C2C3C(=Nc4ncnn42)c2cc(Cl)ccc2OC3c2ccc(Cl)cc2Cl)cc1. The summed E-state index contributed by atoms with van der Waals surface area (Å²) in [6, 6.07) is 18.6. The largest absolute Gasteiger partial charge is 0.497 e. The fraction of sp³-hybridized carbons (Fsp3) is 0.160. The van der Waals surface area contributed by atoms with Crippen molar-refractivity contribution < 1.29 is 9.47 Å². The Morgan fingerprint density at radius 1 is 0.941 bits per heavy atom. The molecule has 2 aliphatic rings. The van der Waals surface area contributed by atoms with E-state index >= 15 is 0 Å². The Labute approximate surface area is 210 Å². The van der Waals surface area contributed by atoms with Gasteiger partial charge in [-0.15, -0.1) is 0 Å². The predicted octanol–water partition coefficient (Wildman–Crippen LogP) is 6.72. The van der Waals surface area contributed by atoms with E-state index in [0.717, 1.165) is 28.2 Å². The van der Waals surface area contributed by atoms with Crippen molar-refractivity contribution in [2.45, 2.75) is 12.1 Å². The van der Waals surface area contributed by atoms with Crippen LogP contribution in [0.3, 0.4) is 0 Å². The van der Waals surface area contributed by atoms with Crippen LogP contribution in [0.5, 0.6) is 11.5 Å². The van der Waals surface area contributed by atoms with Gasteiger partial charge in [-0.25, -0.2) is 9.67 Å². The minimum atomic E-state index is -0.457. The minimum absolute atomic E-state index is 0.264. The van der Waals surface area contributed by atoms with Crippen molar-refractivity contribution >= 4 is 46.5 Å². The van der Waals surface area contributed by atoms with E-state index in [9.17, 15) is 0 Å². The highest BCUT2D eigenvalue weighted by Gasteiger charge is 2.47. The van der Waals surface area contributed by atoms with Crippen LogP contribution in [0, 0.1) is 5.92 Å². The first-order valence-electron chi connectivity index (χ1n) is 10.6. The highest BCUT2D eigenvalue weighted by Crippen LogP contribution is 2.50. The number of methoxy groups -OCH3 is 1. The van der Waals surface area contributed by atoms with Crippen molar-refractivity contribution in [3.05, 3.63) is 98.7 Å². The summed E-state index contributed by atoms with van der Waals surface area (Å²) in [5.41, 5.74) is 3.47. The van der Waals surface area contributed by atoms with Gasteiger partial charge in [0, 0.05) is 26.2 Å². The number of hydrogen-bond donors (Lipinski definition) is 0. The summed E-state index contributed by atoms with van der Waals surface area (Å²) in [6.45, 7) is 0. The fourth-order valence-corrected chi connectivity index (χ4v) is 5.40. The van der Waals surface area contributed by atoms with E-state index in [1.807, 2.05) is 53.2 Å². The van der Waals surface area contributed by atoms with Crippen molar-refractivity contribution in [2.24, 2.45) is 10.9 Å². The number of halogens is 3. The predicted molar refractivity (Wildman–Crippen MR) is 132 cm³/mol. The van der Waals surface area contributed by atoms with Gasteiger partial charge in [-0.2, -0.15) is 10.1 Å². The van der Waals surface area contributed by atoms with Crippen molar-refractivity contribution in [1.82, 2.24) is 14.8 Å². The topological polar surface area (TPSA) is 61.5 Å². The van der Waals surface area contributed by atoms with Crippen LogP contribution in [0.25, 0.3) is 0 Å². The molecule has 3 aromatic carbocycles. The number of aromatic nitrogens is 3. The Kier molecular flexibility index (Phi) is 5.25. The second-order valence-electron chi connectivity index (χ2n) is 8.09. The molecule has 0 spiro atoms. The van der Waals surface area contributed by atoms with E-state index in [-0.39, 0.29) is 12.0 Å². The zero-order valence-electron chi connectivity index (χ0n) is 17.8. The zero-order chi connectivity index (χ0) is 23.4. The molecule has 3 unspecified atom stereocenters. The summed E-state index contributed by atoms with van der Waals surface area (Å²) < 4.78 is 13.8. The molecule has 0 amide bonds. The third-order valence-electron chi connectivity index (χ3n) is 6.22. The summed E-state index contributed by atoms with van der Waals surface area (Å²) >= 11 is 19.3. The molecule has 0 N–H and O–H groups in total. The van der Waals surface area contributed by atoms with Crippen LogP contribution in [0.1, 0.15) is 28.8 Å². The third-order valence-corrected chi connectivity index (χ3v) is 7.02. The number of aliphatic imine (C=N–C) groups is 1. The van der Waals surface area contributed by atoms with Crippen molar-refractivity contribution in [2.75, 3.05) is 7.11 Å². The van der Waals surface area contributed by atoms with Gasteiger partial charge < -0.3 is 9.47 Å². The molecule has 34 heavy (non-hydrogen) atoms. The monoisotopic (exact) mass is 510 g/mol. The molecule has 0 fully saturated rings. The van der Waals surface area contributed by atoms with Gasteiger partial charge in [0.25, 0.3) is 0 Å². The molecule has 170 valence electrons. The Morgan fingerprint density at radius 2 is 1.71 bits per heavy atom. The van der Waals surface area contributed by atoms with Crippen LogP contribution >= 0.6 is 34.8 Å². The van der Waals surface area contributed by atoms with Crippen LogP contribution in [-0.4, -0.2) is 27.6 Å². The Bertz CT molecular complexity index is 1430. The number of benzene rings is 3. The molecule has 0 aliphatic carbocycles. The molecule has 0 bridgehead atoms. The lowest BCUT2D eigenvalue weighted by atomic mass is 9.77. The van der Waals surface area contributed by atoms with Gasteiger partial charge in [0.1, 0.15) is 23.9 Å². The molecule has 6 nitrogen and oxygen atoms in total. The van der Waals surface area contributed by atoms with Crippen molar-refractivity contribution in [1.29, 1.82) is 0 Å². The maximum absolute atomic E-state index is 6.68. The minimum Gasteiger partial charge on any atom is -0.497 e. The lowest BCUT2D eigenvalue weighted by Gasteiger charge is -2.41. The molecular weight excluding hydrogens is 495 g/mol. The summed E-state index contributed by atoms with van der Waals surface area (Å²) in [7, 11) is 1.64. The number of fused-ring (bicyclic) bond motifs is 4. The van der Waals surface area contributed by atoms with Gasteiger partial charge in [0.2, 0.25) is 5.95 Å². The zero-order valence-corrected chi connectivity index (χ0v) is 20.1. The highest BCUT2D eigenvalue weighted by molar-refractivity contribution is 6.35. The van der Waals surface area contributed by atoms with Gasteiger partial charge in [0.15, 0.2) is 0 Å². The van der Waals surface area contributed by atoms with E-state index < -0.39 is 6.10 Å². The average Bonchev–Trinajstić information content (AvgIpc) is 3.31. The maximum atomic E-state index is 6.68. The molecule has 0 saturated heterocycles. The number of hydrogen-bond acceptors (Lipinski definition) is 5. The molecule has 0 saturated carbocycles. The van der Waals surface area contributed by atoms with E-state index in [2.05, 4.69) is 10.1 Å². The average molecular weight is 512 g/mol. The van der Waals surface area contributed by atoms with E-state index in [1.54, 1.807) is 19.2 Å². The Hall–Kier alpha value is -3.06. The number of nitrogens with zero attached hydrogens (tertiary/aromatic N) is 4. The summed E-state index contributed by atoms with van der Waals surface area (Å²) in [4.78, 5) is 9.32. The van der Waals surface area contributed by atoms with Gasteiger partial charge in [-0.3, -0.25) is 0 Å². The van der Waals surface area contributed by atoms with E-state index in [4.69, 9.17) is 49.3 Å². The molecule has 2 aliphatic heterocycles. The van der Waals surface area contributed by atoms with Crippen LogP contribution < -0.4 is 9.47 Å². The van der Waals surface area contributed by atoms with Crippen LogP contribution in [0.15, 0.2) is 72.0 Å². The molecular formula is C25H17Cl3N4O2. The summed E-state index contributed by atoms with van der Waals surface area (Å²) in [5.74, 6) is 1.69. The first kappa shape index (κ1) is 21.5. The smallest absolute Gasteiger partial charge is 0.248 e. The first-order valence-corrected chi connectivity index (χ1v) is 11.7. The van der Waals surface area contributed by atoms with Crippen LogP contribution in [-0.2, 0) is 0 Å². The Morgan fingerprint density at radius 3 is 2.47 bits per heavy atom. The second kappa shape index (κ2) is 8.31. The molecule has 4 aromatic rings. The van der Waals surface area contributed by atoms with E-state index in [0.29, 0.717) is 26.8 Å². The van der Waals surface area contributed by atoms with Crippen LogP contribution in [0.4, 0.5) is 5.95 Å². The quantitative estimate of drug-likeness (QED) is 0.306. The number of rotatable bonds is 3. The molecule has 3 heterocycles. The molecule has 9 heteroatoms. The van der Waals surface area contributed by atoms with Gasteiger partial charge in [0.05, 0.1) is 24.8 Å². The molecule has 1 aromatic heterocycles. The fourth-order valence-electron chi connectivity index (χ4n) is 4.71. The highest BCUT2D eigenvalue weighted by atomic mass is 35.5. The standard InChI is InChI=1S/C25H17Cl3N4O2/c1-33-16-6-2-13(3-7-16)23-21-22(31-25-29-12-30-32(23)25)18-10-14(26)5-9-20(18)34-24(21)17-8-4-15(27)11-19(17)28/h2-12,21,23-24H,1H3. The van der Waals surface area contributed by atoms with E-state index in [1.165, 1.54) is 6.33 Å². The molecule has 0 radical (unpaired) electrons. The summed E-state index contributed by atoms with van der Waals surface area (Å²) in [5, 5.41) is 6.19. The summed E-state index contributed by atoms with van der Waals surface area (Å²) in [6.07, 6.45) is 1.05. The Balaban J connectivity index is 1.60. The lowest BCUT2D eigenvalue weighted by Crippen LogP contribution is -2.41. The maximum Gasteiger partial charge on any atom is 0.248 e. The first-order chi connectivity index (χ1) is 16.5.